The number of benzene rings is 1. The molecule has 122 valence electrons. The van der Waals surface area contributed by atoms with Gasteiger partial charge in [-0.15, -0.1) is 0 Å². The van der Waals surface area contributed by atoms with Crippen molar-refractivity contribution >= 4 is 11.9 Å². The molecule has 0 amide bonds. The summed E-state index contributed by atoms with van der Waals surface area (Å²) in [7, 11) is 3.88. The maximum absolute atomic E-state index is 9.98. The standard InChI is InChI=1S/C15H22N2O5/c1-17(2)10-5-3-9(4-6-10)7-16-12-14(20)13(19)11(8-18)22-15(12)21/h3-7,11-15,18-21H,8H2,1-2H3/t11-,12+,13-,14-,15-/m1/s1. The molecule has 4 N–H and O–H groups in total. The summed E-state index contributed by atoms with van der Waals surface area (Å²) >= 11 is 0. The summed E-state index contributed by atoms with van der Waals surface area (Å²) < 4.78 is 5.04. The van der Waals surface area contributed by atoms with Crippen molar-refractivity contribution in [3.8, 4) is 0 Å². The molecule has 22 heavy (non-hydrogen) atoms. The Morgan fingerprint density at radius 3 is 2.32 bits per heavy atom. The molecule has 7 nitrogen and oxygen atoms in total. The molecule has 1 heterocycles. The first-order valence-corrected chi connectivity index (χ1v) is 7.05. The van der Waals surface area contributed by atoms with Crippen LogP contribution in [-0.2, 0) is 4.74 Å². The summed E-state index contributed by atoms with van der Waals surface area (Å²) in [5, 5.41) is 38.6. The van der Waals surface area contributed by atoms with E-state index in [1.165, 1.54) is 6.21 Å². The fourth-order valence-electron chi connectivity index (χ4n) is 2.27. The molecule has 1 aromatic carbocycles. The molecule has 0 aliphatic carbocycles. The van der Waals surface area contributed by atoms with E-state index in [4.69, 9.17) is 9.84 Å². The van der Waals surface area contributed by atoms with E-state index in [0.717, 1.165) is 11.3 Å². The van der Waals surface area contributed by atoms with Gasteiger partial charge in [0.05, 0.1) is 6.61 Å². The molecule has 1 saturated heterocycles. The molecule has 7 heteroatoms. The van der Waals surface area contributed by atoms with Crippen LogP contribution in [0.4, 0.5) is 5.69 Å². The highest BCUT2D eigenvalue weighted by atomic mass is 16.6. The Bertz CT molecular complexity index is 505. The molecule has 1 aliphatic heterocycles. The molecule has 0 radical (unpaired) electrons. The van der Waals surface area contributed by atoms with Crippen molar-refractivity contribution in [2.24, 2.45) is 4.99 Å². The molecule has 1 aliphatic rings. The average molecular weight is 310 g/mol. The Hall–Kier alpha value is -1.51. The van der Waals surface area contributed by atoms with E-state index in [2.05, 4.69) is 4.99 Å². The van der Waals surface area contributed by atoms with Gasteiger partial charge in [0, 0.05) is 26.0 Å². The van der Waals surface area contributed by atoms with Gasteiger partial charge in [-0.2, -0.15) is 0 Å². The minimum absolute atomic E-state index is 0.488. The Kier molecular flexibility index (Phi) is 5.49. The van der Waals surface area contributed by atoms with Gasteiger partial charge < -0.3 is 30.1 Å². The third-order valence-electron chi connectivity index (χ3n) is 3.67. The van der Waals surface area contributed by atoms with E-state index in [0.29, 0.717) is 0 Å². The smallest absolute Gasteiger partial charge is 0.180 e. The maximum atomic E-state index is 9.98. The molecule has 0 bridgehead atoms. The summed E-state index contributed by atoms with van der Waals surface area (Å²) in [6.45, 7) is -0.488. The predicted molar refractivity (Wildman–Crippen MR) is 82.1 cm³/mol. The zero-order valence-corrected chi connectivity index (χ0v) is 12.6. The van der Waals surface area contributed by atoms with Crippen LogP contribution in [0.2, 0.25) is 0 Å². The Balaban J connectivity index is 2.08. The van der Waals surface area contributed by atoms with E-state index in [1.807, 2.05) is 43.3 Å². The predicted octanol–water partition coefficient (Wildman–Crippen LogP) is -1.03. The summed E-state index contributed by atoms with van der Waals surface area (Å²) in [5.41, 5.74) is 1.84. The summed E-state index contributed by atoms with van der Waals surface area (Å²) in [4.78, 5) is 6.07. The van der Waals surface area contributed by atoms with E-state index in [-0.39, 0.29) is 0 Å². The third kappa shape index (κ3) is 3.63. The lowest BCUT2D eigenvalue weighted by atomic mass is 9.97. The molecule has 0 aromatic heterocycles. The van der Waals surface area contributed by atoms with Gasteiger partial charge in [0.25, 0.3) is 0 Å². The van der Waals surface area contributed by atoms with Gasteiger partial charge in [0.15, 0.2) is 6.29 Å². The van der Waals surface area contributed by atoms with Gasteiger partial charge in [-0.25, -0.2) is 0 Å². The quantitative estimate of drug-likeness (QED) is 0.530. The number of nitrogens with zero attached hydrogens (tertiary/aromatic N) is 2. The number of hydrogen-bond acceptors (Lipinski definition) is 7. The van der Waals surface area contributed by atoms with E-state index in [1.54, 1.807) is 0 Å². The number of hydrogen-bond donors (Lipinski definition) is 4. The van der Waals surface area contributed by atoms with Gasteiger partial charge >= 0.3 is 0 Å². The first-order chi connectivity index (χ1) is 10.4. The van der Waals surface area contributed by atoms with Crippen LogP contribution in [0.15, 0.2) is 29.3 Å². The zero-order chi connectivity index (χ0) is 16.3. The van der Waals surface area contributed by atoms with Crippen molar-refractivity contribution in [3.05, 3.63) is 29.8 Å². The molecule has 0 unspecified atom stereocenters. The van der Waals surface area contributed by atoms with Crippen molar-refractivity contribution in [2.75, 3.05) is 25.6 Å². The first kappa shape index (κ1) is 16.9. The fourth-order valence-corrected chi connectivity index (χ4v) is 2.27. The Morgan fingerprint density at radius 1 is 1.14 bits per heavy atom. The lowest BCUT2D eigenvalue weighted by Gasteiger charge is -2.38. The molecule has 2 rings (SSSR count). The van der Waals surface area contributed by atoms with E-state index in [9.17, 15) is 15.3 Å². The number of aliphatic hydroxyl groups is 4. The van der Waals surface area contributed by atoms with Crippen LogP contribution in [0.5, 0.6) is 0 Å². The van der Waals surface area contributed by atoms with Crippen LogP contribution in [0.1, 0.15) is 5.56 Å². The maximum Gasteiger partial charge on any atom is 0.180 e. The number of ether oxygens (including phenoxy) is 1. The molecule has 1 fully saturated rings. The minimum Gasteiger partial charge on any atom is -0.394 e. The van der Waals surface area contributed by atoms with Gasteiger partial charge in [-0.1, -0.05) is 12.1 Å². The first-order valence-electron chi connectivity index (χ1n) is 7.05. The van der Waals surface area contributed by atoms with Gasteiger partial charge in [-0.05, 0) is 17.7 Å². The highest BCUT2D eigenvalue weighted by molar-refractivity contribution is 5.80. The van der Waals surface area contributed by atoms with Crippen molar-refractivity contribution in [1.29, 1.82) is 0 Å². The Morgan fingerprint density at radius 2 is 1.77 bits per heavy atom. The average Bonchev–Trinajstić information content (AvgIpc) is 2.51. The highest BCUT2D eigenvalue weighted by Crippen LogP contribution is 2.22. The summed E-state index contributed by atoms with van der Waals surface area (Å²) in [6, 6.07) is 6.54. The van der Waals surface area contributed by atoms with Crippen molar-refractivity contribution in [3.63, 3.8) is 0 Å². The van der Waals surface area contributed by atoms with Gasteiger partial charge in [-0.3, -0.25) is 4.99 Å². The topological polar surface area (TPSA) is 106 Å². The fraction of sp³-hybridized carbons (Fsp3) is 0.533. The number of aliphatic hydroxyl groups excluding tert-OH is 4. The van der Waals surface area contributed by atoms with Crippen LogP contribution < -0.4 is 4.90 Å². The van der Waals surface area contributed by atoms with E-state index < -0.39 is 37.3 Å². The molecule has 0 spiro atoms. The SMILES string of the molecule is CN(C)c1ccc(C=N[C@H]2[C@@H](O)[C@H](O)[C@@H](CO)O[C@H]2O)cc1. The lowest BCUT2D eigenvalue weighted by molar-refractivity contribution is -0.248. The lowest BCUT2D eigenvalue weighted by Crippen LogP contribution is -2.57. The van der Waals surface area contributed by atoms with Crippen molar-refractivity contribution in [1.82, 2.24) is 0 Å². The van der Waals surface area contributed by atoms with E-state index >= 15 is 0 Å². The highest BCUT2D eigenvalue weighted by Gasteiger charge is 2.43. The molecule has 0 saturated carbocycles. The summed E-state index contributed by atoms with van der Waals surface area (Å²) in [5.74, 6) is 0. The zero-order valence-electron chi connectivity index (χ0n) is 12.6. The van der Waals surface area contributed by atoms with Gasteiger partial charge in [0.2, 0.25) is 0 Å². The second kappa shape index (κ2) is 7.17. The molecule has 5 atom stereocenters. The van der Waals surface area contributed by atoms with Crippen LogP contribution in [0.3, 0.4) is 0 Å². The van der Waals surface area contributed by atoms with Crippen LogP contribution in [-0.4, -0.2) is 78.0 Å². The van der Waals surface area contributed by atoms with Crippen molar-refractivity contribution < 1.29 is 25.2 Å². The number of rotatable bonds is 4. The summed E-state index contributed by atoms with van der Waals surface area (Å²) in [6.07, 6.45) is -3.50. The monoisotopic (exact) mass is 310 g/mol. The normalized spacial score (nSPS) is 32.4. The Labute approximate surface area is 129 Å². The number of aliphatic imine (C=N–C) groups is 1. The van der Waals surface area contributed by atoms with Crippen molar-refractivity contribution in [2.45, 2.75) is 30.6 Å². The minimum atomic E-state index is -1.38. The molecular formula is C15H22N2O5. The van der Waals surface area contributed by atoms with Crippen LogP contribution >= 0.6 is 0 Å². The van der Waals surface area contributed by atoms with Crippen LogP contribution in [0.25, 0.3) is 0 Å². The van der Waals surface area contributed by atoms with Crippen LogP contribution in [0, 0.1) is 0 Å². The molecular weight excluding hydrogens is 288 g/mol. The second-order valence-electron chi connectivity index (χ2n) is 5.48. The second-order valence-corrected chi connectivity index (χ2v) is 5.48. The third-order valence-corrected chi connectivity index (χ3v) is 3.67. The van der Waals surface area contributed by atoms with Gasteiger partial charge in [0.1, 0.15) is 24.4 Å². The number of anilines is 1. The molecule has 1 aromatic rings. The largest absolute Gasteiger partial charge is 0.394 e.